The molecular formula is C15H20N2O. The first-order valence-electron chi connectivity index (χ1n) is 6.49. The number of benzene rings is 1. The van der Waals surface area contributed by atoms with E-state index < -0.39 is 0 Å². The smallest absolute Gasteiger partial charge is 0.220 e. The van der Waals surface area contributed by atoms with E-state index in [-0.39, 0.29) is 11.8 Å². The van der Waals surface area contributed by atoms with Crippen LogP contribution in [-0.4, -0.2) is 30.4 Å². The van der Waals surface area contributed by atoms with Crippen molar-refractivity contribution in [1.82, 2.24) is 4.90 Å². The van der Waals surface area contributed by atoms with E-state index in [4.69, 9.17) is 5.73 Å². The molecule has 0 spiro atoms. The number of carbonyl (C=O) groups excluding carboxylic acids is 1. The molecule has 0 bridgehead atoms. The minimum atomic E-state index is -0.144. The van der Waals surface area contributed by atoms with Crippen molar-refractivity contribution in [2.24, 2.45) is 11.7 Å². The van der Waals surface area contributed by atoms with E-state index in [9.17, 15) is 4.79 Å². The van der Waals surface area contributed by atoms with Crippen LogP contribution >= 0.6 is 0 Å². The highest BCUT2D eigenvalue weighted by atomic mass is 16.1. The molecule has 0 aliphatic carbocycles. The van der Waals surface area contributed by atoms with E-state index in [1.165, 1.54) is 5.56 Å². The Balaban J connectivity index is 1.76. The van der Waals surface area contributed by atoms with Gasteiger partial charge in [-0.15, -0.1) is 0 Å². The second kappa shape index (κ2) is 6.36. The molecule has 1 aromatic carbocycles. The summed E-state index contributed by atoms with van der Waals surface area (Å²) in [6, 6.07) is 10.3. The van der Waals surface area contributed by atoms with Crippen LogP contribution in [-0.2, 0) is 4.79 Å². The van der Waals surface area contributed by atoms with E-state index in [2.05, 4.69) is 29.2 Å². The summed E-state index contributed by atoms with van der Waals surface area (Å²) in [5, 5.41) is 0. The molecule has 0 aromatic heterocycles. The Kier molecular flexibility index (Phi) is 4.53. The van der Waals surface area contributed by atoms with Crippen molar-refractivity contribution in [2.45, 2.75) is 12.8 Å². The fraction of sp³-hybridized carbons (Fsp3) is 0.400. The van der Waals surface area contributed by atoms with Gasteiger partial charge in [0.1, 0.15) is 0 Å². The third kappa shape index (κ3) is 3.70. The van der Waals surface area contributed by atoms with Gasteiger partial charge in [-0.05, 0) is 31.5 Å². The van der Waals surface area contributed by atoms with Crippen molar-refractivity contribution in [3.63, 3.8) is 0 Å². The number of nitrogens with two attached hydrogens (primary N) is 1. The minimum absolute atomic E-state index is 0.0827. The van der Waals surface area contributed by atoms with Gasteiger partial charge >= 0.3 is 0 Å². The van der Waals surface area contributed by atoms with Crippen LogP contribution < -0.4 is 5.73 Å². The summed E-state index contributed by atoms with van der Waals surface area (Å²) in [6.45, 7) is 2.87. The number of nitrogens with zero attached hydrogens (tertiary/aromatic N) is 1. The maximum atomic E-state index is 11.0. The van der Waals surface area contributed by atoms with Gasteiger partial charge in [-0.2, -0.15) is 0 Å². The number of primary amides is 1. The molecule has 0 atom stereocenters. The molecule has 1 saturated heterocycles. The first-order valence-corrected chi connectivity index (χ1v) is 6.49. The van der Waals surface area contributed by atoms with Crippen LogP contribution in [0.5, 0.6) is 0 Å². The monoisotopic (exact) mass is 244 g/mol. The minimum Gasteiger partial charge on any atom is -0.369 e. The summed E-state index contributed by atoms with van der Waals surface area (Å²) in [5.41, 5.74) is 6.54. The average molecular weight is 244 g/mol. The van der Waals surface area contributed by atoms with Crippen LogP contribution in [0.1, 0.15) is 18.4 Å². The van der Waals surface area contributed by atoms with Crippen LogP contribution in [0, 0.1) is 5.92 Å². The fourth-order valence-corrected chi connectivity index (χ4v) is 2.30. The normalized spacial score (nSPS) is 18.2. The number of likely N-dealkylation sites (tertiary alicyclic amines) is 1. The summed E-state index contributed by atoms with van der Waals surface area (Å²) in [6.07, 6.45) is 6.11. The van der Waals surface area contributed by atoms with Crippen molar-refractivity contribution in [3.05, 3.63) is 42.0 Å². The van der Waals surface area contributed by atoms with E-state index in [0.29, 0.717) is 0 Å². The van der Waals surface area contributed by atoms with E-state index in [1.54, 1.807) is 0 Å². The quantitative estimate of drug-likeness (QED) is 0.879. The molecule has 0 radical (unpaired) electrons. The molecule has 3 nitrogen and oxygen atoms in total. The predicted octanol–water partition coefficient (Wildman–Crippen LogP) is 1.90. The molecule has 96 valence electrons. The highest BCUT2D eigenvalue weighted by Gasteiger charge is 2.21. The summed E-state index contributed by atoms with van der Waals surface area (Å²) in [4.78, 5) is 13.4. The molecule has 1 aliphatic rings. The lowest BCUT2D eigenvalue weighted by molar-refractivity contribution is -0.123. The zero-order valence-electron chi connectivity index (χ0n) is 10.6. The lowest BCUT2D eigenvalue weighted by atomic mass is 9.96. The third-order valence-corrected chi connectivity index (χ3v) is 3.46. The molecule has 0 unspecified atom stereocenters. The molecule has 1 aromatic rings. The number of hydrogen-bond donors (Lipinski definition) is 1. The van der Waals surface area contributed by atoms with Gasteiger partial charge in [-0.25, -0.2) is 0 Å². The Morgan fingerprint density at radius 1 is 1.28 bits per heavy atom. The van der Waals surface area contributed by atoms with Gasteiger partial charge < -0.3 is 5.73 Å². The molecule has 18 heavy (non-hydrogen) atoms. The summed E-state index contributed by atoms with van der Waals surface area (Å²) in [5.74, 6) is -0.0613. The van der Waals surface area contributed by atoms with Gasteiger partial charge in [0.2, 0.25) is 5.91 Å². The largest absolute Gasteiger partial charge is 0.369 e. The lowest BCUT2D eigenvalue weighted by Gasteiger charge is -2.29. The van der Waals surface area contributed by atoms with Gasteiger partial charge in [0.25, 0.3) is 0 Å². The highest BCUT2D eigenvalue weighted by Crippen LogP contribution is 2.16. The molecule has 1 fully saturated rings. The van der Waals surface area contributed by atoms with Crippen molar-refractivity contribution in [3.8, 4) is 0 Å². The Hall–Kier alpha value is -1.61. The number of carbonyl (C=O) groups is 1. The van der Waals surface area contributed by atoms with Gasteiger partial charge in [0.15, 0.2) is 0 Å². The number of amides is 1. The second-order valence-electron chi connectivity index (χ2n) is 4.79. The van der Waals surface area contributed by atoms with E-state index in [0.717, 1.165) is 32.5 Å². The van der Waals surface area contributed by atoms with Crippen molar-refractivity contribution < 1.29 is 4.79 Å². The molecule has 1 amide bonds. The lowest BCUT2D eigenvalue weighted by Crippen LogP contribution is -2.38. The van der Waals surface area contributed by atoms with Gasteiger partial charge in [0.05, 0.1) is 0 Å². The molecule has 0 saturated carbocycles. The predicted molar refractivity (Wildman–Crippen MR) is 73.8 cm³/mol. The van der Waals surface area contributed by atoms with Gasteiger partial charge in [-0.1, -0.05) is 42.5 Å². The van der Waals surface area contributed by atoms with Crippen molar-refractivity contribution in [1.29, 1.82) is 0 Å². The van der Waals surface area contributed by atoms with Crippen LogP contribution in [0.15, 0.2) is 36.4 Å². The van der Waals surface area contributed by atoms with Crippen LogP contribution in [0.4, 0.5) is 0 Å². The average Bonchev–Trinajstić information content (AvgIpc) is 2.40. The van der Waals surface area contributed by atoms with Gasteiger partial charge in [0, 0.05) is 12.5 Å². The van der Waals surface area contributed by atoms with Crippen molar-refractivity contribution in [2.75, 3.05) is 19.6 Å². The fourth-order valence-electron chi connectivity index (χ4n) is 2.30. The maximum Gasteiger partial charge on any atom is 0.220 e. The second-order valence-corrected chi connectivity index (χ2v) is 4.79. The van der Waals surface area contributed by atoms with Crippen molar-refractivity contribution >= 4 is 12.0 Å². The number of hydrogen-bond acceptors (Lipinski definition) is 2. The first kappa shape index (κ1) is 12.8. The van der Waals surface area contributed by atoms with Crippen LogP contribution in [0.2, 0.25) is 0 Å². The Bertz CT molecular complexity index is 406. The molecular weight excluding hydrogens is 224 g/mol. The zero-order chi connectivity index (χ0) is 12.8. The molecule has 1 aliphatic heterocycles. The van der Waals surface area contributed by atoms with E-state index in [1.807, 2.05) is 18.2 Å². The molecule has 2 N–H and O–H groups in total. The Morgan fingerprint density at radius 3 is 2.56 bits per heavy atom. The third-order valence-electron chi connectivity index (χ3n) is 3.46. The SMILES string of the molecule is NC(=O)C1CCN(CC=Cc2ccccc2)CC1. The molecule has 1 heterocycles. The number of rotatable bonds is 4. The molecule has 3 heteroatoms. The van der Waals surface area contributed by atoms with E-state index >= 15 is 0 Å². The maximum absolute atomic E-state index is 11.0. The molecule has 2 rings (SSSR count). The summed E-state index contributed by atoms with van der Waals surface area (Å²) >= 11 is 0. The topological polar surface area (TPSA) is 46.3 Å². The highest BCUT2D eigenvalue weighted by molar-refractivity contribution is 5.76. The standard InChI is InChI=1S/C15H20N2O/c16-15(18)14-8-11-17(12-9-14)10-4-7-13-5-2-1-3-6-13/h1-7,14H,8-12H2,(H2,16,18). The zero-order valence-corrected chi connectivity index (χ0v) is 10.6. The van der Waals surface area contributed by atoms with Crippen LogP contribution in [0.3, 0.4) is 0 Å². The summed E-state index contributed by atoms with van der Waals surface area (Å²) in [7, 11) is 0. The Labute approximate surface area is 108 Å². The van der Waals surface area contributed by atoms with Gasteiger partial charge in [-0.3, -0.25) is 9.69 Å². The Morgan fingerprint density at radius 2 is 1.94 bits per heavy atom. The summed E-state index contributed by atoms with van der Waals surface area (Å²) < 4.78 is 0. The van der Waals surface area contributed by atoms with Crippen LogP contribution in [0.25, 0.3) is 6.08 Å². The number of piperidine rings is 1. The first-order chi connectivity index (χ1) is 8.75.